The molecule has 1 aromatic heterocycles. The van der Waals surface area contributed by atoms with Gasteiger partial charge in [0.1, 0.15) is 6.61 Å². The third kappa shape index (κ3) is 19.3. The standard InChI is InChI=1S/C25H45N3O5/c1-2-3-4-12-15-30-17-18-31-19-20-33-24(29)14-11-9-7-5-6-8-10-13-16-32-23-21-27-25(26)28-22-23/h21-22H,2-20H2,1H3,(H2,26,27,28). The van der Waals surface area contributed by atoms with Gasteiger partial charge >= 0.3 is 5.97 Å². The molecule has 0 saturated heterocycles. The van der Waals surface area contributed by atoms with Crippen LogP contribution >= 0.6 is 0 Å². The molecule has 0 aromatic carbocycles. The number of anilines is 1. The molecule has 0 saturated carbocycles. The van der Waals surface area contributed by atoms with Gasteiger partial charge in [0.05, 0.1) is 38.8 Å². The summed E-state index contributed by atoms with van der Waals surface area (Å²) in [5.41, 5.74) is 5.44. The number of hydrogen-bond donors (Lipinski definition) is 1. The lowest BCUT2D eigenvalue weighted by Crippen LogP contribution is -2.13. The van der Waals surface area contributed by atoms with Crippen LogP contribution in [0.2, 0.25) is 0 Å². The second-order valence-corrected chi connectivity index (χ2v) is 8.21. The van der Waals surface area contributed by atoms with Crippen LogP contribution in [0.5, 0.6) is 5.75 Å². The highest BCUT2D eigenvalue weighted by Crippen LogP contribution is 2.11. The minimum absolute atomic E-state index is 0.128. The molecule has 33 heavy (non-hydrogen) atoms. The van der Waals surface area contributed by atoms with Crippen LogP contribution in [-0.4, -0.2) is 55.6 Å². The topological polar surface area (TPSA) is 106 Å². The summed E-state index contributed by atoms with van der Waals surface area (Å²) >= 11 is 0. The van der Waals surface area contributed by atoms with Gasteiger partial charge in [0.25, 0.3) is 0 Å². The predicted octanol–water partition coefficient (Wildman–Crippen LogP) is 5.11. The molecule has 190 valence electrons. The highest BCUT2D eigenvalue weighted by Gasteiger charge is 2.03. The fourth-order valence-corrected chi connectivity index (χ4v) is 3.26. The zero-order valence-corrected chi connectivity index (χ0v) is 20.6. The Morgan fingerprint density at radius 3 is 1.97 bits per heavy atom. The number of rotatable bonds is 23. The molecule has 0 spiro atoms. The summed E-state index contributed by atoms with van der Waals surface area (Å²) in [7, 11) is 0. The van der Waals surface area contributed by atoms with E-state index in [9.17, 15) is 4.79 Å². The maximum atomic E-state index is 11.7. The van der Waals surface area contributed by atoms with E-state index in [0.29, 0.717) is 45.2 Å². The Labute approximate surface area is 199 Å². The molecule has 0 radical (unpaired) electrons. The number of carbonyl (C=O) groups excluding carboxylic acids is 1. The van der Waals surface area contributed by atoms with Gasteiger partial charge in [-0.05, 0) is 19.3 Å². The van der Waals surface area contributed by atoms with Crippen molar-refractivity contribution in [3.05, 3.63) is 12.4 Å². The quantitative estimate of drug-likeness (QED) is 0.175. The maximum Gasteiger partial charge on any atom is 0.305 e. The zero-order valence-electron chi connectivity index (χ0n) is 20.6. The van der Waals surface area contributed by atoms with Crippen molar-refractivity contribution in [2.45, 2.75) is 90.4 Å². The van der Waals surface area contributed by atoms with Crippen molar-refractivity contribution in [3.8, 4) is 5.75 Å². The Balaban J connectivity index is 1.75. The summed E-state index contributed by atoms with van der Waals surface area (Å²) < 4.78 is 21.7. The SMILES string of the molecule is CCCCCCOCCOCCOC(=O)CCCCCCCCCCOc1cnc(N)nc1. The molecule has 0 amide bonds. The van der Waals surface area contributed by atoms with Crippen LogP contribution in [-0.2, 0) is 19.0 Å². The molecule has 0 bridgehead atoms. The lowest BCUT2D eigenvalue weighted by molar-refractivity contribution is -0.145. The van der Waals surface area contributed by atoms with Crippen LogP contribution in [0.4, 0.5) is 5.95 Å². The van der Waals surface area contributed by atoms with Gasteiger partial charge in [0.15, 0.2) is 5.75 Å². The molecule has 0 fully saturated rings. The smallest absolute Gasteiger partial charge is 0.305 e. The molecule has 8 heteroatoms. The first kappa shape index (κ1) is 29.1. The molecule has 0 aliphatic carbocycles. The Kier molecular flexibility index (Phi) is 19.3. The van der Waals surface area contributed by atoms with E-state index in [2.05, 4.69) is 16.9 Å². The van der Waals surface area contributed by atoms with Crippen molar-refractivity contribution in [1.29, 1.82) is 0 Å². The van der Waals surface area contributed by atoms with Crippen molar-refractivity contribution >= 4 is 11.9 Å². The first-order valence-corrected chi connectivity index (χ1v) is 12.7. The third-order valence-electron chi connectivity index (χ3n) is 5.20. The molecular weight excluding hydrogens is 422 g/mol. The molecule has 1 rings (SSSR count). The number of carbonyl (C=O) groups is 1. The maximum absolute atomic E-state index is 11.7. The molecule has 1 heterocycles. The summed E-state index contributed by atoms with van der Waals surface area (Å²) in [5.74, 6) is 0.791. The van der Waals surface area contributed by atoms with Gasteiger partial charge in [-0.15, -0.1) is 0 Å². The van der Waals surface area contributed by atoms with Gasteiger partial charge < -0.3 is 24.7 Å². The second kappa shape index (κ2) is 21.9. The van der Waals surface area contributed by atoms with Crippen LogP contribution in [0.1, 0.15) is 90.4 Å². The van der Waals surface area contributed by atoms with Gasteiger partial charge in [0.2, 0.25) is 5.95 Å². The lowest BCUT2D eigenvalue weighted by Gasteiger charge is -2.07. The van der Waals surface area contributed by atoms with Gasteiger partial charge in [-0.25, -0.2) is 9.97 Å². The molecule has 2 N–H and O–H groups in total. The van der Waals surface area contributed by atoms with E-state index in [1.807, 2.05) is 0 Å². The number of nitrogen functional groups attached to an aromatic ring is 1. The second-order valence-electron chi connectivity index (χ2n) is 8.21. The van der Waals surface area contributed by atoms with Crippen molar-refractivity contribution in [1.82, 2.24) is 9.97 Å². The number of aromatic nitrogens is 2. The number of nitrogens with zero attached hydrogens (tertiary/aromatic N) is 2. The molecule has 0 aliphatic heterocycles. The summed E-state index contributed by atoms with van der Waals surface area (Å²) in [4.78, 5) is 19.5. The fraction of sp³-hybridized carbons (Fsp3) is 0.800. The number of esters is 1. The minimum atomic E-state index is -0.128. The van der Waals surface area contributed by atoms with E-state index in [1.165, 1.54) is 38.5 Å². The average molecular weight is 468 g/mol. The Morgan fingerprint density at radius 2 is 1.27 bits per heavy atom. The summed E-state index contributed by atoms with van der Waals surface area (Å²) in [6.07, 6.45) is 17.5. The van der Waals surface area contributed by atoms with Crippen LogP contribution < -0.4 is 10.5 Å². The third-order valence-corrected chi connectivity index (χ3v) is 5.20. The van der Waals surface area contributed by atoms with Crippen LogP contribution in [0, 0.1) is 0 Å². The van der Waals surface area contributed by atoms with Crippen LogP contribution in [0.25, 0.3) is 0 Å². The number of unbranched alkanes of at least 4 members (excludes halogenated alkanes) is 10. The molecule has 0 atom stereocenters. The van der Waals surface area contributed by atoms with Crippen molar-refractivity contribution in [3.63, 3.8) is 0 Å². The lowest BCUT2D eigenvalue weighted by atomic mass is 10.1. The highest BCUT2D eigenvalue weighted by atomic mass is 16.6. The Hall–Kier alpha value is -1.93. The van der Waals surface area contributed by atoms with E-state index >= 15 is 0 Å². The van der Waals surface area contributed by atoms with Crippen molar-refractivity contribution < 1.29 is 23.7 Å². The van der Waals surface area contributed by atoms with Crippen LogP contribution in [0.15, 0.2) is 12.4 Å². The van der Waals surface area contributed by atoms with Gasteiger partial charge in [-0.3, -0.25) is 4.79 Å². The fourth-order valence-electron chi connectivity index (χ4n) is 3.26. The molecular formula is C25H45N3O5. The highest BCUT2D eigenvalue weighted by molar-refractivity contribution is 5.69. The first-order valence-electron chi connectivity index (χ1n) is 12.7. The normalized spacial score (nSPS) is 10.9. The van der Waals surface area contributed by atoms with Crippen molar-refractivity contribution in [2.75, 3.05) is 45.4 Å². The first-order chi connectivity index (χ1) is 16.2. The predicted molar refractivity (Wildman–Crippen MR) is 130 cm³/mol. The van der Waals surface area contributed by atoms with E-state index in [-0.39, 0.29) is 11.9 Å². The van der Waals surface area contributed by atoms with E-state index < -0.39 is 0 Å². The monoisotopic (exact) mass is 467 g/mol. The van der Waals surface area contributed by atoms with Gasteiger partial charge in [0, 0.05) is 13.0 Å². The summed E-state index contributed by atoms with van der Waals surface area (Å²) in [5, 5.41) is 0. The van der Waals surface area contributed by atoms with E-state index in [1.54, 1.807) is 12.4 Å². The van der Waals surface area contributed by atoms with Gasteiger partial charge in [-0.2, -0.15) is 0 Å². The van der Waals surface area contributed by atoms with E-state index in [0.717, 1.165) is 45.1 Å². The average Bonchev–Trinajstić information content (AvgIpc) is 2.82. The molecule has 0 unspecified atom stereocenters. The van der Waals surface area contributed by atoms with Crippen LogP contribution in [0.3, 0.4) is 0 Å². The van der Waals surface area contributed by atoms with Crippen molar-refractivity contribution in [2.24, 2.45) is 0 Å². The number of hydrogen-bond acceptors (Lipinski definition) is 8. The van der Waals surface area contributed by atoms with E-state index in [4.69, 9.17) is 24.7 Å². The minimum Gasteiger partial charge on any atom is -0.490 e. The number of ether oxygens (including phenoxy) is 4. The molecule has 8 nitrogen and oxygen atoms in total. The zero-order chi connectivity index (χ0) is 23.8. The number of nitrogens with two attached hydrogens (primary N) is 1. The summed E-state index contributed by atoms with van der Waals surface area (Å²) in [6.45, 7) is 5.59. The molecule has 0 aliphatic rings. The Bertz CT molecular complexity index is 572. The van der Waals surface area contributed by atoms with Gasteiger partial charge in [-0.1, -0.05) is 64.7 Å². The molecule has 1 aromatic rings. The largest absolute Gasteiger partial charge is 0.490 e. The summed E-state index contributed by atoms with van der Waals surface area (Å²) in [6, 6.07) is 0. The Morgan fingerprint density at radius 1 is 0.727 bits per heavy atom.